The summed E-state index contributed by atoms with van der Waals surface area (Å²) in [5, 5.41) is 11.4. The minimum absolute atomic E-state index is 0.125. The number of carbonyl (C=O) groups excluding carboxylic acids is 1. The minimum Gasteiger partial charge on any atom is -0.340 e. The Morgan fingerprint density at radius 3 is 2.81 bits per heavy atom. The molecule has 0 spiro atoms. The van der Waals surface area contributed by atoms with E-state index in [9.17, 15) is 4.79 Å². The van der Waals surface area contributed by atoms with Crippen molar-refractivity contribution in [2.45, 2.75) is 25.8 Å². The Morgan fingerprint density at radius 2 is 2.25 bits per heavy atom. The minimum atomic E-state index is -0.394. The predicted octanol–water partition coefficient (Wildman–Crippen LogP) is 2.41. The van der Waals surface area contributed by atoms with Crippen LogP contribution in [0.15, 0.2) is 28.7 Å². The second-order valence-corrected chi connectivity index (χ2v) is 4.28. The lowest BCUT2D eigenvalue weighted by atomic mass is 10.1. The molecule has 0 aliphatic heterocycles. The Hall–Kier alpha value is -1.34. The summed E-state index contributed by atoms with van der Waals surface area (Å²) in [5.41, 5.74) is 0.924. The van der Waals surface area contributed by atoms with Crippen molar-refractivity contribution in [1.29, 1.82) is 5.26 Å². The summed E-state index contributed by atoms with van der Waals surface area (Å²) in [6, 6.07) is 9.21. The van der Waals surface area contributed by atoms with Crippen molar-refractivity contribution < 1.29 is 4.79 Å². The summed E-state index contributed by atoms with van der Waals surface area (Å²) in [4.78, 5) is 11.6. The van der Waals surface area contributed by atoms with Crippen LogP contribution in [-0.4, -0.2) is 11.9 Å². The zero-order chi connectivity index (χ0) is 12.0. The highest BCUT2D eigenvalue weighted by Gasteiger charge is 2.10. The fourth-order valence-corrected chi connectivity index (χ4v) is 1.71. The highest BCUT2D eigenvalue weighted by atomic mass is 79.9. The smallest absolute Gasteiger partial charge is 0.225 e. The Labute approximate surface area is 104 Å². The molecule has 1 aromatic carbocycles. The van der Waals surface area contributed by atoms with Gasteiger partial charge in [0.25, 0.3) is 0 Å². The molecular formula is C12H13BrN2O. The van der Waals surface area contributed by atoms with Gasteiger partial charge < -0.3 is 5.32 Å². The van der Waals surface area contributed by atoms with Gasteiger partial charge in [-0.3, -0.25) is 4.79 Å². The molecule has 3 nitrogen and oxygen atoms in total. The van der Waals surface area contributed by atoms with Crippen LogP contribution in [0, 0.1) is 11.3 Å². The maximum atomic E-state index is 11.6. The van der Waals surface area contributed by atoms with E-state index in [0.717, 1.165) is 10.0 Å². The summed E-state index contributed by atoms with van der Waals surface area (Å²) < 4.78 is 0.912. The average molecular weight is 281 g/mol. The molecule has 1 amide bonds. The van der Waals surface area contributed by atoms with Crippen molar-refractivity contribution >= 4 is 21.8 Å². The average Bonchev–Trinajstić information content (AvgIpc) is 2.29. The van der Waals surface area contributed by atoms with Crippen molar-refractivity contribution in [3.05, 3.63) is 34.3 Å². The molecule has 1 N–H and O–H groups in total. The van der Waals surface area contributed by atoms with Crippen LogP contribution < -0.4 is 5.32 Å². The van der Waals surface area contributed by atoms with Crippen molar-refractivity contribution in [3.63, 3.8) is 0 Å². The van der Waals surface area contributed by atoms with Gasteiger partial charge in [0, 0.05) is 4.47 Å². The van der Waals surface area contributed by atoms with Gasteiger partial charge >= 0.3 is 0 Å². The van der Waals surface area contributed by atoms with Gasteiger partial charge in [0.1, 0.15) is 6.04 Å². The maximum Gasteiger partial charge on any atom is 0.225 e. The molecule has 0 heterocycles. The quantitative estimate of drug-likeness (QED) is 0.921. The molecule has 1 unspecified atom stereocenters. The summed E-state index contributed by atoms with van der Waals surface area (Å²) >= 11 is 3.38. The number of amides is 1. The van der Waals surface area contributed by atoms with E-state index in [2.05, 4.69) is 21.2 Å². The van der Waals surface area contributed by atoms with Crippen LogP contribution in [0.2, 0.25) is 0 Å². The predicted molar refractivity (Wildman–Crippen MR) is 65.7 cm³/mol. The maximum absolute atomic E-state index is 11.6. The van der Waals surface area contributed by atoms with Crippen molar-refractivity contribution in [2.24, 2.45) is 0 Å². The molecule has 4 heteroatoms. The fourth-order valence-electron chi connectivity index (χ4n) is 1.29. The van der Waals surface area contributed by atoms with E-state index >= 15 is 0 Å². The normalized spacial score (nSPS) is 11.6. The van der Waals surface area contributed by atoms with E-state index in [1.165, 1.54) is 0 Å². The lowest BCUT2D eigenvalue weighted by Gasteiger charge is -2.09. The molecule has 16 heavy (non-hydrogen) atoms. The molecule has 0 saturated carbocycles. The number of halogens is 1. The Kier molecular flexibility index (Phi) is 5.00. The summed E-state index contributed by atoms with van der Waals surface area (Å²) in [7, 11) is 0. The molecular weight excluding hydrogens is 268 g/mol. The first-order valence-corrected chi connectivity index (χ1v) is 5.89. The number of rotatable bonds is 4. The lowest BCUT2D eigenvalue weighted by molar-refractivity contribution is -0.120. The van der Waals surface area contributed by atoms with Gasteiger partial charge in [-0.15, -0.1) is 0 Å². The van der Waals surface area contributed by atoms with Crippen LogP contribution >= 0.6 is 15.9 Å². The highest BCUT2D eigenvalue weighted by molar-refractivity contribution is 9.10. The van der Waals surface area contributed by atoms with Gasteiger partial charge in [0.2, 0.25) is 5.91 Å². The Bertz CT molecular complexity index is 412. The SMILES string of the molecule is CCC(C#N)NC(=O)Cc1ccccc1Br. The van der Waals surface area contributed by atoms with Gasteiger partial charge in [-0.1, -0.05) is 41.1 Å². The number of carbonyl (C=O) groups is 1. The third-order valence-corrected chi connectivity index (χ3v) is 2.98. The molecule has 0 aliphatic rings. The summed E-state index contributed by atoms with van der Waals surface area (Å²) in [6.07, 6.45) is 0.914. The number of nitrogens with zero attached hydrogens (tertiary/aromatic N) is 1. The topological polar surface area (TPSA) is 52.9 Å². The molecule has 0 saturated heterocycles. The van der Waals surface area contributed by atoms with Gasteiger partial charge in [-0.2, -0.15) is 5.26 Å². The van der Waals surface area contributed by atoms with Crippen molar-refractivity contribution in [3.8, 4) is 6.07 Å². The van der Waals surface area contributed by atoms with E-state index in [1.807, 2.05) is 37.3 Å². The zero-order valence-corrected chi connectivity index (χ0v) is 10.6. The molecule has 0 aliphatic carbocycles. The summed E-state index contributed by atoms with van der Waals surface area (Å²) in [5.74, 6) is -0.125. The monoisotopic (exact) mass is 280 g/mol. The third-order valence-electron chi connectivity index (χ3n) is 2.21. The van der Waals surface area contributed by atoms with Crippen molar-refractivity contribution in [2.75, 3.05) is 0 Å². The molecule has 1 atom stereocenters. The van der Waals surface area contributed by atoms with E-state index in [1.54, 1.807) is 0 Å². The first-order chi connectivity index (χ1) is 7.67. The zero-order valence-electron chi connectivity index (χ0n) is 9.03. The second kappa shape index (κ2) is 6.29. The molecule has 0 bridgehead atoms. The molecule has 1 aromatic rings. The third kappa shape index (κ3) is 3.67. The molecule has 0 radical (unpaired) electrons. The fraction of sp³-hybridized carbons (Fsp3) is 0.333. The Balaban J connectivity index is 2.59. The molecule has 0 fully saturated rings. The number of hydrogen-bond acceptors (Lipinski definition) is 2. The number of nitrogens with one attached hydrogen (secondary N) is 1. The highest BCUT2D eigenvalue weighted by Crippen LogP contribution is 2.16. The number of nitriles is 1. The van der Waals surface area contributed by atoms with Crippen LogP contribution in [0.1, 0.15) is 18.9 Å². The van der Waals surface area contributed by atoms with Gasteiger partial charge in [0.05, 0.1) is 12.5 Å². The summed E-state index contributed by atoms with van der Waals surface area (Å²) in [6.45, 7) is 1.87. The van der Waals surface area contributed by atoms with Crippen LogP contribution in [-0.2, 0) is 11.2 Å². The van der Waals surface area contributed by atoms with Gasteiger partial charge in [-0.05, 0) is 18.1 Å². The van der Waals surface area contributed by atoms with Crippen LogP contribution in [0.4, 0.5) is 0 Å². The number of benzene rings is 1. The Morgan fingerprint density at radius 1 is 1.56 bits per heavy atom. The van der Waals surface area contributed by atoms with Gasteiger partial charge in [-0.25, -0.2) is 0 Å². The molecule has 0 aromatic heterocycles. The first-order valence-electron chi connectivity index (χ1n) is 5.09. The van der Waals surface area contributed by atoms with Crippen molar-refractivity contribution in [1.82, 2.24) is 5.32 Å². The van der Waals surface area contributed by atoms with E-state index in [4.69, 9.17) is 5.26 Å². The number of hydrogen-bond donors (Lipinski definition) is 1. The van der Waals surface area contributed by atoms with Crippen LogP contribution in [0.3, 0.4) is 0 Å². The largest absolute Gasteiger partial charge is 0.340 e. The van der Waals surface area contributed by atoms with Gasteiger partial charge in [0.15, 0.2) is 0 Å². The molecule has 84 valence electrons. The lowest BCUT2D eigenvalue weighted by Crippen LogP contribution is -2.34. The van der Waals surface area contributed by atoms with E-state index in [0.29, 0.717) is 12.8 Å². The second-order valence-electron chi connectivity index (χ2n) is 3.43. The first kappa shape index (κ1) is 12.7. The van der Waals surface area contributed by atoms with E-state index in [-0.39, 0.29) is 5.91 Å². The molecule has 1 rings (SSSR count). The van der Waals surface area contributed by atoms with E-state index < -0.39 is 6.04 Å². The van der Waals surface area contributed by atoms with Crippen LogP contribution in [0.5, 0.6) is 0 Å². The standard InChI is InChI=1S/C12H13BrN2O/c1-2-10(8-14)15-12(16)7-9-5-3-4-6-11(9)13/h3-6,10H,2,7H2,1H3,(H,15,16). The van der Waals surface area contributed by atoms with Crippen LogP contribution in [0.25, 0.3) is 0 Å².